The predicted molar refractivity (Wildman–Crippen MR) is 68.4 cm³/mol. The molecule has 2 bridgehead atoms. The van der Waals surface area contributed by atoms with Crippen molar-refractivity contribution in [2.45, 2.75) is 43.9 Å². The minimum Gasteiger partial charge on any atom is -0.458 e. The van der Waals surface area contributed by atoms with Crippen molar-refractivity contribution in [1.82, 2.24) is 9.47 Å². The lowest BCUT2D eigenvalue weighted by Gasteiger charge is -2.35. The Kier molecular flexibility index (Phi) is 2.90. The van der Waals surface area contributed by atoms with E-state index in [4.69, 9.17) is 4.74 Å². The summed E-state index contributed by atoms with van der Waals surface area (Å²) >= 11 is 0. The standard InChI is InChI=1S/C14H20N2O2/c1-15-7-3-4-13(15)14(17)18-12-8-10-5-6-11(9-12)16(10)2/h3-4,7,10-12H,5-6,8-9H2,1-2H3/t10-,11-/m1/s1. The summed E-state index contributed by atoms with van der Waals surface area (Å²) in [5.41, 5.74) is 0.640. The van der Waals surface area contributed by atoms with Crippen LogP contribution in [0.2, 0.25) is 0 Å². The lowest BCUT2D eigenvalue weighted by Crippen LogP contribution is -2.43. The number of aryl methyl sites for hydroxylation is 1. The predicted octanol–water partition coefficient (Wildman–Crippen LogP) is 1.81. The highest BCUT2D eigenvalue weighted by Crippen LogP contribution is 2.35. The summed E-state index contributed by atoms with van der Waals surface area (Å²) in [4.78, 5) is 14.5. The number of carbonyl (C=O) groups excluding carboxylic acids is 1. The Hall–Kier alpha value is -1.29. The van der Waals surface area contributed by atoms with E-state index in [9.17, 15) is 4.79 Å². The normalized spacial score (nSPS) is 31.6. The van der Waals surface area contributed by atoms with E-state index in [-0.39, 0.29) is 12.1 Å². The lowest BCUT2D eigenvalue weighted by atomic mass is 10.0. The SMILES string of the molecule is CN1[C@@H]2CC[C@@H]1CC(OC(=O)c1cccn1C)C2. The fraction of sp³-hybridized carbons (Fsp3) is 0.643. The van der Waals surface area contributed by atoms with Crippen molar-refractivity contribution in [3.8, 4) is 0 Å². The van der Waals surface area contributed by atoms with Gasteiger partial charge in [0.25, 0.3) is 0 Å². The van der Waals surface area contributed by atoms with Gasteiger partial charge in [0.15, 0.2) is 0 Å². The highest BCUT2D eigenvalue weighted by atomic mass is 16.5. The number of fused-ring (bicyclic) bond motifs is 2. The van der Waals surface area contributed by atoms with Crippen LogP contribution in [0, 0.1) is 0 Å². The van der Waals surface area contributed by atoms with Gasteiger partial charge in [-0.3, -0.25) is 0 Å². The van der Waals surface area contributed by atoms with Crippen LogP contribution in [0.15, 0.2) is 18.3 Å². The smallest absolute Gasteiger partial charge is 0.355 e. The van der Waals surface area contributed by atoms with Crippen molar-refractivity contribution >= 4 is 5.97 Å². The average Bonchev–Trinajstić information content (AvgIpc) is 2.82. The first kappa shape index (κ1) is 11.8. The molecule has 0 amide bonds. The summed E-state index contributed by atoms with van der Waals surface area (Å²) in [5.74, 6) is -0.184. The molecule has 18 heavy (non-hydrogen) atoms. The second-order valence-corrected chi connectivity index (χ2v) is 5.55. The quantitative estimate of drug-likeness (QED) is 0.749. The van der Waals surface area contributed by atoms with E-state index < -0.39 is 0 Å². The molecular weight excluding hydrogens is 228 g/mol. The third-order valence-electron chi connectivity index (χ3n) is 4.48. The molecule has 98 valence electrons. The number of ether oxygens (including phenoxy) is 1. The number of rotatable bonds is 2. The number of nitrogens with zero attached hydrogens (tertiary/aromatic N) is 2. The number of piperidine rings is 1. The number of esters is 1. The second-order valence-electron chi connectivity index (χ2n) is 5.55. The second kappa shape index (κ2) is 4.43. The van der Waals surface area contributed by atoms with E-state index in [1.54, 1.807) is 0 Å². The Labute approximate surface area is 108 Å². The molecule has 0 radical (unpaired) electrons. The zero-order valence-corrected chi connectivity index (χ0v) is 11.0. The lowest BCUT2D eigenvalue weighted by molar-refractivity contribution is -0.00129. The Morgan fingerprint density at radius 1 is 1.28 bits per heavy atom. The zero-order valence-electron chi connectivity index (χ0n) is 11.0. The van der Waals surface area contributed by atoms with Crippen LogP contribution in [0.1, 0.15) is 36.2 Å². The van der Waals surface area contributed by atoms with Gasteiger partial charge in [-0.2, -0.15) is 0 Å². The maximum Gasteiger partial charge on any atom is 0.355 e. The van der Waals surface area contributed by atoms with Gasteiger partial charge in [-0.05, 0) is 32.0 Å². The Bertz CT molecular complexity index is 440. The molecule has 0 spiro atoms. The fourth-order valence-electron chi connectivity index (χ4n) is 3.34. The van der Waals surface area contributed by atoms with Crippen molar-refractivity contribution in [3.05, 3.63) is 24.0 Å². The Balaban J connectivity index is 1.65. The molecule has 3 rings (SSSR count). The molecule has 0 aliphatic carbocycles. The number of carbonyl (C=O) groups is 1. The molecule has 4 nitrogen and oxygen atoms in total. The molecule has 1 aromatic rings. The Morgan fingerprint density at radius 3 is 2.50 bits per heavy atom. The van der Waals surface area contributed by atoms with E-state index >= 15 is 0 Å². The van der Waals surface area contributed by atoms with Crippen LogP contribution >= 0.6 is 0 Å². The monoisotopic (exact) mass is 248 g/mol. The minimum absolute atomic E-state index is 0.0982. The van der Waals surface area contributed by atoms with Crippen molar-refractivity contribution in [3.63, 3.8) is 0 Å². The first-order valence-corrected chi connectivity index (χ1v) is 6.69. The third-order valence-corrected chi connectivity index (χ3v) is 4.48. The summed E-state index contributed by atoms with van der Waals surface area (Å²) in [6.45, 7) is 0. The molecule has 2 atom stereocenters. The van der Waals surface area contributed by atoms with Gasteiger partial charge in [-0.1, -0.05) is 0 Å². The van der Waals surface area contributed by atoms with Gasteiger partial charge < -0.3 is 14.2 Å². The number of aromatic nitrogens is 1. The van der Waals surface area contributed by atoms with Gasteiger partial charge in [-0.25, -0.2) is 4.79 Å². The van der Waals surface area contributed by atoms with E-state index in [1.807, 2.05) is 29.9 Å². The van der Waals surface area contributed by atoms with Gasteiger partial charge >= 0.3 is 5.97 Å². The van der Waals surface area contributed by atoms with Gasteiger partial charge in [0, 0.05) is 38.2 Å². The minimum atomic E-state index is -0.184. The van der Waals surface area contributed by atoms with Crippen molar-refractivity contribution in [2.75, 3.05) is 7.05 Å². The average molecular weight is 248 g/mol. The first-order chi connectivity index (χ1) is 8.65. The van der Waals surface area contributed by atoms with Crippen LogP contribution in [0.4, 0.5) is 0 Å². The molecule has 2 saturated heterocycles. The maximum absolute atomic E-state index is 12.1. The van der Waals surface area contributed by atoms with Gasteiger partial charge in [0.1, 0.15) is 11.8 Å². The molecule has 2 fully saturated rings. The van der Waals surface area contributed by atoms with Crippen molar-refractivity contribution in [2.24, 2.45) is 7.05 Å². The number of hydrogen-bond donors (Lipinski definition) is 0. The van der Waals surface area contributed by atoms with Gasteiger partial charge in [0.05, 0.1) is 0 Å². The summed E-state index contributed by atoms with van der Waals surface area (Å²) in [5, 5.41) is 0. The molecule has 2 aliphatic heterocycles. The molecule has 0 aromatic carbocycles. The van der Waals surface area contributed by atoms with Gasteiger partial charge in [-0.15, -0.1) is 0 Å². The van der Waals surface area contributed by atoms with Crippen LogP contribution < -0.4 is 0 Å². The van der Waals surface area contributed by atoms with E-state index in [2.05, 4.69) is 11.9 Å². The molecule has 0 unspecified atom stereocenters. The largest absolute Gasteiger partial charge is 0.458 e. The van der Waals surface area contributed by atoms with Crippen molar-refractivity contribution < 1.29 is 9.53 Å². The summed E-state index contributed by atoms with van der Waals surface area (Å²) in [7, 11) is 4.06. The highest BCUT2D eigenvalue weighted by molar-refractivity contribution is 5.87. The molecule has 4 heteroatoms. The first-order valence-electron chi connectivity index (χ1n) is 6.69. The molecule has 3 heterocycles. The van der Waals surface area contributed by atoms with E-state index in [0.29, 0.717) is 17.8 Å². The Morgan fingerprint density at radius 2 is 1.94 bits per heavy atom. The van der Waals surface area contributed by atoms with Crippen LogP contribution in [-0.4, -0.2) is 40.7 Å². The van der Waals surface area contributed by atoms with E-state index in [0.717, 1.165) is 12.8 Å². The van der Waals surface area contributed by atoms with Crippen LogP contribution in [0.25, 0.3) is 0 Å². The fourth-order valence-corrected chi connectivity index (χ4v) is 3.34. The van der Waals surface area contributed by atoms with Crippen molar-refractivity contribution in [1.29, 1.82) is 0 Å². The zero-order chi connectivity index (χ0) is 12.7. The summed E-state index contributed by atoms with van der Waals surface area (Å²) < 4.78 is 7.47. The van der Waals surface area contributed by atoms with Crippen LogP contribution in [-0.2, 0) is 11.8 Å². The molecule has 2 aliphatic rings. The van der Waals surface area contributed by atoms with Crippen LogP contribution in [0.3, 0.4) is 0 Å². The molecule has 1 aromatic heterocycles. The molecule has 0 saturated carbocycles. The topological polar surface area (TPSA) is 34.5 Å². The van der Waals surface area contributed by atoms with E-state index in [1.165, 1.54) is 12.8 Å². The maximum atomic E-state index is 12.1. The molecular formula is C14H20N2O2. The molecule has 0 N–H and O–H groups in total. The number of hydrogen-bond acceptors (Lipinski definition) is 3. The summed E-state index contributed by atoms with van der Waals surface area (Å²) in [6.07, 6.45) is 6.45. The summed E-state index contributed by atoms with van der Waals surface area (Å²) in [6, 6.07) is 4.89. The highest BCUT2D eigenvalue weighted by Gasteiger charge is 2.40. The third kappa shape index (κ3) is 1.94. The van der Waals surface area contributed by atoms with Crippen LogP contribution in [0.5, 0.6) is 0 Å². The van der Waals surface area contributed by atoms with Gasteiger partial charge in [0.2, 0.25) is 0 Å².